The number of amides is 1. The van der Waals surface area contributed by atoms with Crippen LogP contribution in [-0.2, 0) is 4.79 Å². The van der Waals surface area contributed by atoms with E-state index in [1.54, 1.807) is 17.4 Å². The molecule has 0 saturated heterocycles. The van der Waals surface area contributed by atoms with E-state index in [4.69, 9.17) is 11.6 Å². The lowest BCUT2D eigenvalue weighted by Gasteiger charge is -1.98. The van der Waals surface area contributed by atoms with Crippen molar-refractivity contribution in [2.75, 3.05) is 5.75 Å². The molecule has 0 spiro atoms. The highest BCUT2D eigenvalue weighted by atomic mass is 35.5. The maximum absolute atomic E-state index is 11.8. The molecule has 3 aromatic rings. The molecule has 0 bridgehead atoms. The Morgan fingerprint density at radius 3 is 2.87 bits per heavy atom. The third kappa shape index (κ3) is 4.31. The van der Waals surface area contributed by atoms with Crippen LogP contribution in [0.3, 0.4) is 0 Å². The molecule has 0 aliphatic rings. The number of rotatable bonds is 5. The lowest BCUT2D eigenvalue weighted by atomic mass is 10.2. The molecule has 1 N–H and O–H groups in total. The molecular weight excluding hydrogens is 350 g/mol. The molecule has 0 atom stereocenters. The highest BCUT2D eigenvalue weighted by Crippen LogP contribution is 2.28. The van der Waals surface area contributed by atoms with Crippen LogP contribution in [0, 0.1) is 0 Å². The summed E-state index contributed by atoms with van der Waals surface area (Å²) in [6, 6.07) is 15.2. The topological polar surface area (TPSA) is 54.4 Å². The maximum atomic E-state index is 11.8. The van der Waals surface area contributed by atoms with Crippen molar-refractivity contribution in [1.82, 2.24) is 10.4 Å². The van der Waals surface area contributed by atoms with Gasteiger partial charge in [0.1, 0.15) is 0 Å². The van der Waals surface area contributed by atoms with Crippen molar-refractivity contribution in [3.05, 3.63) is 59.1 Å². The van der Waals surface area contributed by atoms with Crippen molar-refractivity contribution >= 4 is 57.0 Å². The van der Waals surface area contributed by atoms with E-state index in [1.165, 1.54) is 18.0 Å². The van der Waals surface area contributed by atoms with Gasteiger partial charge in [-0.05, 0) is 18.2 Å². The average molecular weight is 362 g/mol. The first-order valence-corrected chi connectivity index (χ1v) is 8.95. The Hall–Kier alpha value is -1.89. The summed E-state index contributed by atoms with van der Waals surface area (Å²) in [7, 11) is 0. The van der Waals surface area contributed by atoms with Gasteiger partial charge in [-0.15, -0.1) is 11.3 Å². The molecule has 0 aliphatic carbocycles. The van der Waals surface area contributed by atoms with E-state index in [0.29, 0.717) is 5.02 Å². The van der Waals surface area contributed by atoms with Crippen molar-refractivity contribution in [2.45, 2.75) is 4.34 Å². The summed E-state index contributed by atoms with van der Waals surface area (Å²) < 4.78 is 1.99. The molecular formula is C16H12ClN3OS2. The van der Waals surface area contributed by atoms with E-state index >= 15 is 0 Å². The molecule has 0 aliphatic heterocycles. The molecule has 4 nitrogen and oxygen atoms in total. The van der Waals surface area contributed by atoms with Gasteiger partial charge in [-0.2, -0.15) is 5.10 Å². The Balaban J connectivity index is 1.52. The Morgan fingerprint density at radius 1 is 1.26 bits per heavy atom. The molecule has 0 saturated carbocycles. The minimum absolute atomic E-state index is 0.183. The smallest absolute Gasteiger partial charge is 0.250 e. The predicted molar refractivity (Wildman–Crippen MR) is 97.5 cm³/mol. The molecule has 0 unspecified atom stereocenters. The van der Waals surface area contributed by atoms with Gasteiger partial charge in [-0.25, -0.2) is 10.4 Å². The van der Waals surface area contributed by atoms with Gasteiger partial charge in [0, 0.05) is 10.6 Å². The Bertz CT molecular complexity index is 830. The number of carbonyl (C=O) groups excluding carboxylic acids is 1. The fourth-order valence-electron chi connectivity index (χ4n) is 1.83. The second-order valence-corrected chi connectivity index (χ2v) is 7.21. The number of carbonyl (C=O) groups is 1. The molecule has 3 rings (SSSR count). The molecule has 2 aromatic carbocycles. The van der Waals surface area contributed by atoms with Gasteiger partial charge in [-0.3, -0.25) is 4.79 Å². The third-order valence-electron chi connectivity index (χ3n) is 2.90. The fraction of sp³-hybridized carbons (Fsp3) is 0.0625. The normalized spacial score (nSPS) is 11.2. The van der Waals surface area contributed by atoms with Crippen molar-refractivity contribution in [3.8, 4) is 0 Å². The van der Waals surface area contributed by atoms with Crippen LogP contribution in [0.4, 0.5) is 0 Å². The van der Waals surface area contributed by atoms with Gasteiger partial charge in [-0.1, -0.05) is 53.7 Å². The van der Waals surface area contributed by atoms with Crippen molar-refractivity contribution < 1.29 is 4.79 Å². The second kappa shape index (κ2) is 7.59. The summed E-state index contributed by atoms with van der Waals surface area (Å²) in [5.74, 6) is 0.0808. The quantitative estimate of drug-likeness (QED) is 0.421. The number of thiazole rings is 1. The van der Waals surface area contributed by atoms with Crippen molar-refractivity contribution in [3.63, 3.8) is 0 Å². The van der Waals surface area contributed by atoms with E-state index in [2.05, 4.69) is 15.5 Å². The zero-order chi connectivity index (χ0) is 16.1. The van der Waals surface area contributed by atoms with Gasteiger partial charge in [0.25, 0.3) is 5.91 Å². The van der Waals surface area contributed by atoms with Gasteiger partial charge < -0.3 is 0 Å². The van der Waals surface area contributed by atoms with Crippen LogP contribution in [0.25, 0.3) is 10.2 Å². The van der Waals surface area contributed by atoms with Crippen LogP contribution in [0.5, 0.6) is 0 Å². The maximum Gasteiger partial charge on any atom is 0.250 e. The monoisotopic (exact) mass is 361 g/mol. The minimum Gasteiger partial charge on any atom is -0.272 e. The summed E-state index contributed by atoms with van der Waals surface area (Å²) in [4.78, 5) is 16.3. The Morgan fingerprint density at radius 2 is 2.04 bits per heavy atom. The standard InChI is InChI=1S/C16H12ClN3OS2/c17-12-6-2-1-5-11(12)9-18-20-15(21)10-22-16-19-13-7-3-4-8-14(13)23-16/h1-9H,10H2,(H,20,21). The van der Waals surface area contributed by atoms with Crippen LogP contribution in [0.15, 0.2) is 58.0 Å². The molecule has 7 heteroatoms. The van der Waals surface area contributed by atoms with Gasteiger partial charge in [0.2, 0.25) is 0 Å². The lowest BCUT2D eigenvalue weighted by molar-refractivity contribution is -0.118. The van der Waals surface area contributed by atoms with Crippen LogP contribution in [0.2, 0.25) is 5.02 Å². The molecule has 116 valence electrons. The first-order valence-electron chi connectivity index (χ1n) is 6.77. The molecule has 0 radical (unpaired) electrons. The zero-order valence-electron chi connectivity index (χ0n) is 11.9. The third-order valence-corrected chi connectivity index (χ3v) is 5.42. The number of halogens is 1. The molecule has 1 amide bonds. The SMILES string of the molecule is O=C(CSc1nc2ccccc2s1)NN=Cc1ccccc1Cl. The number of benzene rings is 2. The summed E-state index contributed by atoms with van der Waals surface area (Å²) in [5, 5.41) is 4.51. The number of nitrogens with zero attached hydrogens (tertiary/aromatic N) is 2. The zero-order valence-corrected chi connectivity index (χ0v) is 14.3. The van der Waals surface area contributed by atoms with E-state index in [0.717, 1.165) is 20.1 Å². The Kier molecular flexibility index (Phi) is 5.27. The number of hydrogen-bond donors (Lipinski definition) is 1. The van der Waals surface area contributed by atoms with Crippen LogP contribution in [-0.4, -0.2) is 22.9 Å². The van der Waals surface area contributed by atoms with E-state index in [-0.39, 0.29) is 11.7 Å². The lowest BCUT2D eigenvalue weighted by Crippen LogP contribution is -2.19. The van der Waals surface area contributed by atoms with E-state index < -0.39 is 0 Å². The molecule has 1 heterocycles. The number of para-hydroxylation sites is 1. The van der Waals surface area contributed by atoms with Crippen LogP contribution < -0.4 is 5.43 Å². The van der Waals surface area contributed by atoms with Crippen LogP contribution in [0.1, 0.15) is 5.56 Å². The number of aromatic nitrogens is 1. The highest BCUT2D eigenvalue weighted by molar-refractivity contribution is 8.01. The molecule has 1 aromatic heterocycles. The number of thioether (sulfide) groups is 1. The molecule has 0 fully saturated rings. The second-order valence-electron chi connectivity index (χ2n) is 4.55. The largest absolute Gasteiger partial charge is 0.272 e. The van der Waals surface area contributed by atoms with Crippen molar-refractivity contribution in [1.29, 1.82) is 0 Å². The van der Waals surface area contributed by atoms with Crippen molar-refractivity contribution in [2.24, 2.45) is 5.10 Å². The number of hydrazone groups is 1. The predicted octanol–water partition coefficient (Wildman–Crippen LogP) is 4.19. The number of fused-ring (bicyclic) bond motifs is 1. The summed E-state index contributed by atoms with van der Waals surface area (Å²) in [6.45, 7) is 0. The highest BCUT2D eigenvalue weighted by Gasteiger charge is 2.06. The average Bonchev–Trinajstić information content (AvgIpc) is 2.98. The first kappa shape index (κ1) is 16.0. The number of nitrogens with one attached hydrogen (secondary N) is 1. The van der Waals surface area contributed by atoms with E-state index in [1.807, 2.05) is 42.5 Å². The van der Waals surface area contributed by atoms with Gasteiger partial charge in [0.05, 0.1) is 22.2 Å². The first-order chi connectivity index (χ1) is 11.2. The van der Waals surface area contributed by atoms with Gasteiger partial charge >= 0.3 is 0 Å². The summed E-state index contributed by atoms with van der Waals surface area (Å²) in [5.41, 5.74) is 4.20. The van der Waals surface area contributed by atoms with Gasteiger partial charge in [0.15, 0.2) is 4.34 Å². The van der Waals surface area contributed by atoms with Crippen LogP contribution >= 0.6 is 34.7 Å². The molecule has 23 heavy (non-hydrogen) atoms. The Labute approximate surface area is 146 Å². The minimum atomic E-state index is -0.183. The van der Waals surface area contributed by atoms with E-state index in [9.17, 15) is 4.79 Å². The summed E-state index contributed by atoms with van der Waals surface area (Å²) >= 11 is 8.98. The summed E-state index contributed by atoms with van der Waals surface area (Å²) in [6.07, 6.45) is 1.53. The fourth-order valence-corrected chi connectivity index (χ4v) is 3.87. The number of hydrogen-bond acceptors (Lipinski definition) is 5.